The zero-order chi connectivity index (χ0) is 58.1. The average Bonchev–Trinajstić information content (AvgIpc) is 4.04. The lowest BCUT2D eigenvalue weighted by Gasteiger charge is -2.38. The third-order valence-corrected chi connectivity index (χ3v) is 14.7. The van der Waals surface area contributed by atoms with Gasteiger partial charge in [0.15, 0.2) is 5.75 Å². The molecule has 0 bridgehead atoms. The number of nitrogens with one attached hydrogen (secondary N) is 1. The molecule has 82 heavy (non-hydrogen) atoms. The maximum atomic E-state index is 14.0. The molecule has 1 aliphatic rings. The van der Waals surface area contributed by atoms with E-state index in [1.54, 1.807) is 43.9 Å². The number of benzene rings is 6. The lowest BCUT2D eigenvalue weighted by Crippen LogP contribution is -2.58. The van der Waals surface area contributed by atoms with Gasteiger partial charge in [0, 0.05) is 30.2 Å². The Morgan fingerprint density at radius 3 is 1.71 bits per heavy atom. The highest BCUT2D eigenvalue weighted by molar-refractivity contribution is 7.22. The minimum Gasteiger partial charge on any atom is -0.491 e. The summed E-state index contributed by atoms with van der Waals surface area (Å²) in [5.74, 6) is 3.78. The van der Waals surface area contributed by atoms with Crippen molar-refractivity contribution in [3.8, 4) is 44.9 Å². The molecule has 0 radical (unpaired) electrons. The summed E-state index contributed by atoms with van der Waals surface area (Å²) < 4.78 is 54.7. The van der Waals surface area contributed by atoms with Crippen LogP contribution >= 0.6 is 11.3 Å². The maximum Gasteiger partial charge on any atom is 0.410 e. The Hall–Kier alpha value is -7.63. The van der Waals surface area contributed by atoms with Gasteiger partial charge >= 0.3 is 6.09 Å². The van der Waals surface area contributed by atoms with Crippen LogP contribution in [0.3, 0.4) is 0 Å². The van der Waals surface area contributed by atoms with Gasteiger partial charge in [-0.3, -0.25) is 14.5 Å². The summed E-state index contributed by atoms with van der Waals surface area (Å²) in [6, 6.07) is 46.4. The zero-order valence-electron chi connectivity index (χ0n) is 48.4. The van der Waals surface area contributed by atoms with Crippen LogP contribution in [0.2, 0.25) is 0 Å². The number of carbonyl (C=O) groups excluding carboxylic acids is 3. The Morgan fingerprint density at radius 1 is 0.598 bits per heavy atom. The van der Waals surface area contributed by atoms with E-state index in [2.05, 4.69) is 53.8 Å². The first-order valence-corrected chi connectivity index (χ1v) is 28.7. The molecule has 2 atom stereocenters. The molecule has 2 heterocycles. The molecule has 0 aliphatic carbocycles. The van der Waals surface area contributed by atoms with E-state index in [-0.39, 0.29) is 5.91 Å². The summed E-state index contributed by atoms with van der Waals surface area (Å²) in [6.07, 6.45) is 0.0585. The molecular weight excluding hydrogens is 1060 g/mol. The normalized spacial score (nSPS) is 13.1. The van der Waals surface area contributed by atoms with E-state index in [1.165, 1.54) is 11.9 Å². The molecule has 0 saturated heterocycles. The largest absolute Gasteiger partial charge is 0.491 e. The quantitative estimate of drug-likeness (QED) is 0.0488. The summed E-state index contributed by atoms with van der Waals surface area (Å²) >= 11 is 1.66. The maximum absolute atomic E-state index is 14.0. The SMILES string of the molecule is C[C@@H](C(=O)N[C@H](C(=O)N1CCc2ccc(OCCOCCOCCOCCOc3ccc(Oc4c(-c5ccc(OCc6ccccc6)cc5)sc5cc(OCc6ccccc6)ccc45)cc3)cc2C1)C(C)(C)C)N(C)C(=O)OC(C)(C)C. The Balaban J connectivity index is 0.721. The number of rotatable bonds is 27. The molecule has 1 aliphatic heterocycles. The molecule has 1 aromatic heterocycles. The molecule has 15 nitrogen and oxygen atoms in total. The van der Waals surface area contributed by atoms with Crippen LogP contribution in [0.4, 0.5) is 4.79 Å². The number of hydrogen-bond acceptors (Lipinski definition) is 13. The van der Waals surface area contributed by atoms with Gasteiger partial charge in [0.25, 0.3) is 0 Å². The summed E-state index contributed by atoms with van der Waals surface area (Å²) in [7, 11) is 1.51. The smallest absolute Gasteiger partial charge is 0.410 e. The van der Waals surface area contributed by atoms with Crippen LogP contribution in [-0.2, 0) is 54.7 Å². The van der Waals surface area contributed by atoms with E-state index >= 15 is 0 Å². The van der Waals surface area contributed by atoms with Gasteiger partial charge in [-0.05, 0) is 146 Å². The van der Waals surface area contributed by atoms with E-state index in [4.69, 9.17) is 42.6 Å². The highest BCUT2D eigenvalue weighted by Gasteiger charge is 2.39. The molecule has 7 aromatic rings. The minimum atomic E-state index is -0.855. The number of nitrogens with zero attached hydrogens (tertiary/aromatic N) is 2. The molecule has 0 spiro atoms. The highest BCUT2D eigenvalue weighted by atomic mass is 32.1. The monoisotopic (exact) mass is 1140 g/mol. The minimum absolute atomic E-state index is 0.184. The van der Waals surface area contributed by atoms with Crippen molar-refractivity contribution in [2.24, 2.45) is 5.41 Å². The molecule has 0 saturated carbocycles. The molecule has 6 aromatic carbocycles. The van der Waals surface area contributed by atoms with Crippen LogP contribution in [-0.4, -0.2) is 112 Å². The molecule has 16 heteroatoms. The van der Waals surface area contributed by atoms with E-state index in [0.717, 1.165) is 60.0 Å². The van der Waals surface area contributed by atoms with Gasteiger partial charge in [0.2, 0.25) is 11.8 Å². The van der Waals surface area contributed by atoms with Gasteiger partial charge < -0.3 is 52.8 Å². The molecular formula is C66H77N3O12S. The van der Waals surface area contributed by atoms with Crippen molar-refractivity contribution < 1.29 is 57.0 Å². The molecule has 0 unspecified atom stereocenters. The van der Waals surface area contributed by atoms with Crippen molar-refractivity contribution >= 4 is 39.3 Å². The van der Waals surface area contributed by atoms with Crippen molar-refractivity contribution in [1.29, 1.82) is 0 Å². The van der Waals surface area contributed by atoms with Crippen molar-refractivity contribution in [2.75, 3.05) is 66.4 Å². The highest BCUT2D eigenvalue weighted by Crippen LogP contribution is 2.48. The van der Waals surface area contributed by atoms with Crippen LogP contribution in [0.1, 0.15) is 70.7 Å². The second-order valence-electron chi connectivity index (χ2n) is 22.1. The predicted octanol–water partition coefficient (Wildman–Crippen LogP) is 12.7. The van der Waals surface area contributed by atoms with Gasteiger partial charge in [0.05, 0.1) is 44.5 Å². The molecule has 0 fully saturated rings. The Morgan fingerprint density at radius 2 is 1.11 bits per heavy atom. The van der Waals surface area contributed by atoms with Gasteiger partial charge in [-0.25, -0.2) is 4.79 Å². The zero-order valence-corrected chi connectivity index (χ0v) is 49.2. The van der Waals surface area contributed by atoms with Crippen molar-refractivity contribution in [2.45, 2.75) is 92.3 Å². The Labute approximate surface area is 486 Å². The van der Waals surface area contributed by atoms with E-state index < -0.39 is 35.1 Å². The Kier molecular flexibility index (Phi) is 21.3. The fraction of sp³-hybridized carbons (Fsp3) is 0.379. The molecule has 434 valence electrons. The lowest BCUT2D eigenvalue weighted by atomic mass is 9.85. The van der Waals surface area contributed by atoms with Crippen molar-refractivity contribution in [1.82, 2.24) is 15.1 Å². The number of likely N-dealkylation sites (N-methyl/N-ethyl adjacent to an activating group) is 1. The summed E-state index contributed by atoms with van der Waals surface area (Å²) in [5, 5.41) is 3.92. The van der Waals surface area contributed by atoms with E-state index in [9.17, 15) is 14.4 Å². The standard InChI is InChI=1S/C66H77N3O12S/c1-46(68(8)64(72)81-66(5,6)7)62(70)67-61(65(2,3)4)63(71)69-32-31-49-19-24-55(41-51(49)43-69)77-40-38-75-36-34-73-33-35-74-37-39-76-52-25-27-54(28-26-52)80-59-57-30-29-56(79-45-48-17-13-10-14-18-48)42-58(57)82-60(59)50-20-22-53(23-21-50)78-44-47-15-11-9-12-16-47/h9-30,41-42,46,61H,31-40,43-45H2,1-8H3,(H,67,70)/t46-,61+/m0/s1. The summed E-state index contributed by atoms with van der Waals surface area (Å²) in [4.78, 5) is 44.1. The van der Waals surface area contributed by atoms with Gasteiger partial charge in [0.1, 0.15) is 72.9 Å². The van der Waals surface area contributed by atoms with Crippen LogP contribution in [0, 0.1) is 5.41 Å². The van der Waals surface area contributed by atoms with Crippen molar-refractivity contribution in [3.63, 3.8) is 0 Å². The van der Waals surface area contributed by atoms with Crippen molar-refractivity contribution in [3.05, 3.63) is 168 Å². The van der Waals surface area contributed by atoms with E-state index in [1.807, 2.05) is 118 Å². The number of ether oxygens (including phenoxy) is 9. The molecule has 8 rings (SSSR count). The lowest BCUT2D eigenvalue weighted by molar-refractivity contribution is -0.141. The average molecular weight is 1140 g/mol. The summed E-state index contributed by atoms with van der Waals surface area (Å²) in [6.45, 7) is 17.7. The molecule has 1 N–H and O–H groups in total. The number of amides is 3. The van der Waals surface area contributed by atoms with Crippen LogP contribution in [0.15, 0.2) is 146 Å². The number of fused-ring (bicyclic) bond motifs is 2. The van der Waals surface area contributed by atoms with Crippen LogP contribution < -0.4 is 29.0 Å². The third kappa shape index (κ3) is 17.7. The van der Waals surface area contributed by atoms with Gasteiger partial charge in [-0.15, -0.1) is 11.3 Å². The van der Waals surface area contributed by atoms with Crippen LogP contribution in [0.5, 0.6) is 34.5 Å². The number of thiophene rings is 1. The van der Waals surface area contributed by atoms with Gasteiger partial charge in [-0.2, -0.15) is 0 Å². The first-order valence-electron chi connectivity index (χ1n) is 27.9. The van der Waals surface area contributed by atoms with E-state index in [0.29, 0.717) is 103 Å². The second kappa shape index (κ2) is 28.9. The fourth-order valence-electron chi connectivity index (χ4n) is 8.89. The number of carbonyl (C=O) groups is 3. The predicted molar refractivity (Wildman–Crippen MR) is 319 cm³/mol. The summed E-state index contributed by atoms with van der Waals surface area (Å²) in [5.41, 5.74) is 4.06. The fourth-order valence-corrected chi connectivity index (χ4v) is 10.1. The second-order valence-corrected chi connectivity index (χ2v) is 23.2. The third-order valence-electron chi connectivity index (χ3n) is 13.6. The Bertz CT molecular complexity index is 3160. The van der Waals surface area contributed by atoms with Crippen LogP contribution in [0.25, 0.3) is 20.5 Å². The van der Waals surface area contributed by atoms with Gasteiger partial charge in [-0.1, -0.05) is 87.5 Å². The topological polar surface area (TPSA) is 153 Å². The first-order chi connectivity index (χ1) is 39.5. The molecule has 3 amide bonds. The number of hydrogen-bond donors (Lipinski definition) is 1. The first kappa shape index (κ1) is 60.5.